The molecule has 4 rings (SSSR count). The standard InChI is InChI=1S/C27H26N2O6/c1-16-13-24(35-22-10-11-28-19-15-26(34-5)25(33-4)14-18(19)22)17(2)12-21(16)29(27(30)31)20-8-6-7-9-23(20)32-3/h6-15H,1-5H3,(H,30,31). The number of aryl methyl sites for hydroxylation is 2. The molecule has 3 aromatic carbocycles. The van der Waals surface area contributed by atoms with Crippen LogP contribution in [0.15, 0.2) is 60.8 Å². The molecule has 180 valence electrons. The Morgan fingerprint density at radius 2 is 1.46 bits per heavy atom. The van der Waals surface area contributed by atoms with Gasteiger partial charge in [-0.05, 0) is 61.4 Å². The van der Waals surface area contributed by atoms with Crippen LogP contribution < -0.4 is 23.8 Å². The van der Waals surface area contributed by atoms with Crippen LogP contribution >= 0.6 is 0 Å². The van der Waals surface area contributed by atoms with E-state index >= 15 is 0 Å². The lowest BCUT2D eigenvalue weighted by Crippen LogP contribution is -2.25. The number of hydrogen-bond donors (Lipinski definition) is 1. The third kappa shape index (κ3) is 4.50. The number of methoxy groups -OCH3 is 3. The van der Waals surface area contributed by atoms with Crippen molar-refractivity contribution < 1.29 is 28.8 Å². The first-order valence-electron chi connectivity index (χ1n) is 10.8. The second kappa shape index (κ2) is 9.80. The number of amides is 1. The van der Waals surface area contributed by atoms with E-state index in [0.717, 1.165) is 16.5 Å². The lowest BCUT2D eigenvalue weighted by molar-refractivity contribution is 0.204. The summed E-state index contributed by atoms with van der Waals surface area (Å²) in [5, 5.41) is 10.8. The van der Waals surface area contributed by atoms with Crippen molar-refractivity contribution in [3.8, 4) is 28.7 Å². The van der Waals surface area contributed by atoms with Crippen LogP contribution in [0.25, 0.3) is 10.9 Å². The Labute approximate surface area is 203 Å². The fourth-order valence-corrected chi connectivity index (χ4v) is 3.93. The summed E-state index contributed by atoms with van der Waals surface area (Å²) in [6, 6.07) is 16.0. The van der Waals surface area contributed by atoms with Crippen molar-refractivity contribution in [3.05, 3.63) is 71.9 Å². The highest BCUT2D eigenvalue weighted by Crippen LogP contribution is 2.41. The number of pyridine rings is 1. The summed E-state index contributed by atoms with van der Waals surface area (Å²) in [4.78, 5) is 17.9. The molecule has 1 N–H and O–H groups in total. The SMILES string of the molecule is COc1cc2nccc(Oc3cc(C)c(N(C(=O)O)c4ccccc4OC)cc3C)c2cc1OC. The molecule has 0 aliphatic carbocycles. The van der Waals surface area contributed by atoms with Crippen LogP contribution in [0.3, 0.4) is 0 Å². The zero-order valence-corrected chi connectivity index (χ0v) is 20.2. The third-order valence-corrected chi connectivity index (χ3v) is 5.68. The average molecular weight is 475 g/mol. The molecule has 0 saturated carbocycles. The Kier molecular flexibility index (Phi) is 6.64. The first-order chi connectivity index (χ1) is 16.9. The van der Waals surface area contributed by atoms with E-state index in [9.17, 15) is 9.90 Å². The molecule has 8 nitrogen and oxygen atoms in total. The highest BCUT2D eigenvalue weighted by Gasteiger charge is 2.23. The molecule has 0 atom stereocenters. The molecule has 35 heavy (non-hydrogen) atoms. The molecule has 0 aliphatic rings. The van der Waals surface area contributed by atoms with Gasteiger partial charge in [0.2, 0.25) is 0 Å². The summed E-state index contributed by atoms with van der Waals surface area (Å²) in [5.41, 5.74) is 3.12. The molecule has 1 heterocycles. The van der Waals surface area contributed by atoms with Crippen LogP contribution in [0, 0.1) is 13.8 Å². The van der Waals surface area contributed by atoms with E-state index in [4.69, 9.17) is 18.9 Å². The van der Waals surface area contributed by atoms with Gasteiger partial charge in [0.25, 0.3) is 0 Å². The molecule has 0 unspecified atom stereocenters. The van der Waals surface area contributed by atoms with E-state index in [0.29, 0.717) is 45.6 Å². The van der Waals surface area contributed by atoms with Gasteiger partial charge < -0.3 is 24.1 Å². The number of nitrogens with zero attached hydrogens (tertiary/aromatic N) is 2. The molecular weight excluding hydrogens is 448 g/mol. The van der Waals surface area contributed by atoms with Gasteiger partial charge in [-0.3, -0.25) is 4.98 Å². The second-order valence-electron chi connectivity index (χ2n) is 7.83. The Hall–Kier alpha value is -4.46. The molecule has 1 aromatic heterocycles. The number of rotatable bonds is 7. The van der Waals surface area contributed by atoms with E-state index < -0.39 is 6.09 Å². The van der Waals surface area contributed by atoms with E-state index in [1.165, 1.54) is 12.0 Å². The molecular formula is C27H26N2O6. The zero-order chi connectivity index (χ0) is 25.1. The van der Waals surface area contributed by atoms with Gasteiger partial charge in [-0.15, -0.1) is 0 Å². The highest BCUT2D eigenvalue weighted by atomic mass is 16.5. The molecule has 1 amide bonds. The smallest absolute Gasteiger partial charge is 0.416 e. The van der Waals surface area contributed by atoms with Crippen LogP contribution in [0.5, 0.6) is 28.7 Å². The van der Waals surface area contributed by atoms with Crippen LogP contribution in [0.1, 0.15) is 11.1 Å². The number of hydrogen-bond acceptors (Lipinski definition) is 6. The van der Waals surface area contributed by atoms with Crippen molar-refractivity contribution >= 4 is 28.4 Å². The summed E-state index contributed by atoms with van der Waals surface area (Å²) < 4.78 is 22.5. The van der Waals surface area contributed by atoms with Crippen LogP contribution in [0.2, 0.25) is 0 Å². The van der Waals surface area contributed by atoms with E-state index in [-0.39, 0.29) is 0 Å². The van der Waals surface area contributed by atoms with Crippen LogP contribution in [-0.4, -0.2) is 37.5 Å². The summed E-state index contributed by atoms with van der Waals surface area (Å²) in [6.07, 6.45) is 0.542. The first kappa shape index (κ1) is 23.7. The molecule has 0 bridgehead atoms. The van der Waals surface area contributed by atoms with Crippen LogP contribution in [-0.2, 0) is 0 Å². The number of fused-ring (bicyclic) bond motifs is 1. The van der Waals surface area contributed by atoms with E-state index in [1.54, 1.807) is 62.9 Å². The Morgan fingerprint density at radius 3 is 2.14 bits per heavy atom. The number of benzene rings is 3. The molecule has 0 aliphatic heterocycles. The summed E-state index contributed by atoms with van der Waals surface area (Å²) in [7, 11) is 4.66. The largest absolute Gasteiger partial charge is 0.495 e. The Balaban J connectivity index is 1.77. The van der Waals surface area contributed by atoms with Crippen molar-refractivity contribution in [2.24, 2.45) is 0 Å². The van der Waals surface area contributed by atoms with E-state index in [2.05, 4.69) is 4.98 Å². The Bertz CT molecular complexity index is 1400. The van der Waals surface area contributed by atoms with Gasteiger partial charge in [0.15, 0.2) is 11.5 Å². The maximum atomic E-state index is 12.3. The maximum Gasteiger partial charge on any atom is 0.416 e. The van der Waals surface area contributed by atoms with Gasteiger partial charge in [-0.1, -0.05) is 12.1 Å². The van der Waals surface area contributed by atoms with Gasteiger partial charge >= 0.3 is 6.09 Å². The zero-order valence-electron chi connectivity index (χ0n) is 20.2. The maximum absolute atomic E-state index is 12.3. The van der Waals surface area contributed by atoms with Gasteiger partial charge in [0.05, 0.1) is 38.2 Å². The predicted molar refractivity (Wildman–Crippen MR) is 134 cm³/mol. The number of para-hydroxylation sites is 2. The van der Waals surface area contributed by atoms with Crippen molar-refractivity contribution in [2.45, 2.75) is 13.8 Å². The Morgan fingerprint density at radius 1 is 0.771 bits per heavy atom. The second-order valence-corrected chi connectivity index (χ2v) is 7.83. The van der Waals surface area contributed by atoms with Crippen LogP contribution in [0.4, 0.5) is 16.2 Å². The number of aromatic nitrogens is 1. The normalized spacial score (nSPS) is 10.7. The topological polar surface area (TPSA) is 90.4 Å². The molecule has 0 fully saturated rings. The molecule has 0 saturated heterocycles. The van der Waals surface area contributed by atoms with E-state index in [1.807, 2.05) is 26.0 Å². The number of ether oxygens (including phenoxy) is 4. The summed E-state index contributed by atoms with van der Waals surface area (Å²) in [5.74, 6) is 2.78. The minimum Gasteiger partial charge on any atom is -0.495 e. The average Bonchev–Trinajstić information content (AvgIpc) is 2.86. The summed E-state index contributed by atoms with van der Waals surface area (Å²) >= 11 is 0. The first-order valence-corrected chi connectivity index (χ1v) is 10.8. The molecule has 4 aromatic rings. The van der Waals surface area contributed by atoms with Crippen molar-refractivity contribution in [1.29, 1.82) is 0 Å². The summed E-state index contributed by atoms with van der Waals surface area (Å²) in [6.45, 7) is 3.71. The van der Waals surface area contributed by atoms with Crippen molar-refractivity contribution in [1.82, 2.24) is 4.98 Å². The minimum absolute atomic E-state index is 0.430. The van der Waals surface area contributed by atoms with Gasteiger partial charge in [0.1, 0.15) is 17.2 Å². The van der Waals surface area contributed by atoms with Gasteiger partial charge in [0, 0.05) is 17.6 Å². The number of carbonyl (C=O) groups is 1. The predicted octanol–water partition coefficient (Wildman–Crippen LogP) is 6.49. The highest BCUT2D eigenvalue weighted by molar-refractivity contribution is 5.97. The van der Waals surface area contributed by atoms with Crippen molar-refractivity contribution in [3.63, 3.8) is 0 Å². The number of carboxylic acid groups (broad SMARTS) is 1. The van der Waals surface area contributed by atoms with Gasteiger partial charge in [-0.2, -0.15) is 0 Å². The van der Waals surface area contributed by atoms with Crippen molar-refractivity contribution in [2.75, 3.05) is 26.2 Å². The van der Waals surface area contributed by atoms with Gasteiger partial charge in [-0.25, -0.2) is 9.69 Å². The number of anilines is 2. The monoisotopic (exact) mass is 474 g/mol. The molecule has 0 radical (unpaired) electrons. The fraction of sp³-hybridized carbons (Fsp3) is 0.185. The lowest BCUT2D eigenvalue weighted by atomic mass is 10.1. The molecule has 0 spiro atoms. The quantitative estimate of drug-likeness (QED) is 0.327. The third-order valence-electron chi connectivity index (χ3n) is 5.68. The lowest BCUT2D eigenvalue weighted by Gasteiger charge is -2.24. The fourth-order valence-electron chi connectivity index (χ4n) is 3.93. The minimum atomic E-state index is -1.12. The molecule has 8 heteroatoms.